The van der Waals surface area contributed by atoms with Crippen LogP contribution in [0, 0.1) is 10.1 Å². The molecule has 0 bridgehead atoms. The van der Waals surface area contributed by atoms with Gasteiger partial charge in [-0.25, -0.2) is 0 Å². The maximum absolute atomic E-state index is 12.3. The summed E-state index contributed by atoms with van der Waals surface area (Å²) in [5.41, 5.74) is 0.0467. The van der Waals surface area contributed by atoms with Crippen molar-refractivity contribution in [1.82, 2.24) is 9.80 Å². The molecule has 7 heteroatoms. The zero-order valence-electron chi connectivity index (χ0n) is 11.9. The van der Waals surface area contributed by atoms with Crippen LogP contribution in [0.2, 0.25) is 5.02 Å². The first-order chi connectivity index (χ1) is 9.99. The Kier molecular flexibility index (Phi) is 5.14. The van der Waals surface area contributed by atoms with Crippen LogP contribution in [0.25, 0.3) is 0 Å². The highest BCUT2D eigenvalue weighted by atomic mass is 35.5. The van der Waals surface area contributed by atoms with Crippen LogP contribution in [0.3, 0.4) is 0 Å². The van der Waals surface area contributed by atoms with Gasteiger partial charge in [0.25, 0.3) is 11.6 Å². The molecule has 1 aromatic carbocycles. The maximum Gasteiger partial charge on any atom is 0.270 e. The Bertz CT molecular complexity index is 544. The van der Waals surface area contributed by atoms with Crippen LogP contribution in [0.15, 0.2) is 18.2 Å². The van der Waals surface area contributed by atoms with Crippen LogP contribution >= 0.6 is 11.6 Å². The monoisotopic (exact) mass is 311 g/mol. The minimum atomic E-state index is -0.530. The van der Waals surface area contributed by atoms with Gasteiger partial charge in [0.05, 0.1) is 15.5 Å². The van der Waals surface area contributed by atoms with Crippen molar-refractivity contribution in [3.05, 3.63) is 38.9 Å². The van der Waals surface area contributed by atoms with Gasteiger partial charge >= 0.3 is 0 Å². The van der Waals surface area contributed by atoms with Crippen molar-refractivity contribution in [1.29, 1.82) is 0 Å². The number of hydrogen-bond donors (Lipinski definition) is 0. The number of nitrogens with zero attached hydrogens (tertiary/aromatic N) is 3. The first-order valence-corrected chi connectivity index (χ1v) is 7.28. The van der Waals surface area contributed by atoms with E-state index in [1.165, 1.54) is 31.0 Å². The van der Waals surface area contributed by atoms with Crippen molar-refractivity contribution in [2.75, 3.05) is 33.2 Å². The molecule has 0 aromatic heterocycles. The van der Waals surface area contributed by atoms with E-state index in [0.717, 1.165) is 19.6 Å². The Morgan fingerprint density at radius 1 is 1.43 bits per heavy atom. The lowest BCUT2D eigenvalue weighted by Crippen LogP contribution is -2.35. The Balaban J connectivity index is 2.03. The molecule has 1 aliphatic heterocycles. The second kappa shape index (κ2) is 6.87. The minimum Gasteiger partial charge on any atom is -0.340 e. The van der Waals surface area contributed by atoms with Crippen LogP contribution in [0.5, 0.6) is 0 Å². The van der Waals surface area contributed by atoms with Crippen molar-refractivity contribution in [2.24, 2.45) is 0 Å². The van der Waals surface area contributed by atoms with Crippen molar-refractivity contribution in [3.63, 3.8) is 0 Å². The molecule has 0 aliphatic carbocycles. The fourth-order valence-corrected chi connectivity index (χ4v) is 2.59. The third-order valence-electron chi connectivity index (χ3n) is 3.69. The van der Waals surface area contributed by atoms with E-state index >= 15 is 0 Å². The van der Waals surface area contributed by atoms with E-state index in [-0.39, 0.29) is 22.2 Å². The third-order valence-corrected chi connectivity index (χ3v) is 4.02. The second-order valence-corrected chi connectivity index (χ2v) is 5.60. The average Bonchev–Trinajstić information content (AvgIpc) is 2.97. The molecule has 1 fully saturated rings. The highest BCUT2D eigenvalue weighted by Gasteiger charge is 2.20. The van der Waals surface area contributed by atoms with E-state index < -0.39 is 4.92 Å². The molecule has 1 aliphatic rings. The Morgan fingerprint density at radius 2 is 2.10 bits per heavy atom. The summed E-state index contributed by atoms with van der Waals surface area (Å²) in [5, 5.41) is 11.0. The molecule has 0 atom stereocenters. The van der Waals surface area contributed by atoms with E-state index in [1.54, 1.807) is 11.9 Å². The predicted octanol–water partition coefficient (Wildman–Crippen LogP) is 2.42. The van der Waals surface area contributed by atoms with Crippen molar-refractivity contribution < 1.29 is 9.72 Å². The zero-order chi connectivity index (χ0) is 15.4. The highest BCUT2D eigenvalue weighted by molar-refractivity contribution is 6.33. The number of likely N-dealkylation sites (tertiary alicyclic amines) is 1. The molecule has 1 amide bonds. The second-order valence-electron chi connectivity index (χ2n) is 5.20. The Hall–Kier alpha value is -1.66. The van der Waals surface area contributed by atoms with Crippen LogP contribution in [0.4, 0.5) is 5.69 Å². The number of halogens is 1. The number of hydrogen-bond acceptors (Lipinski definition) is 4. The summed E-state index contributed by atoms with van der Waals surface area (Å²) in [6.45, 7) is 3.53. The third kappa shape index (κ3) is 3.92. The smallest absolute Gasteiger partial charge is 0.270 e. The highest BCUT2D eigenvalue weighted by Crippen LogP contribution is 2.23. The molecule has 0 N–H and O–H groups in total. The van der Waals surface area contributed by atoms with E-state index in [9.17, 15) is 14.9 Å². The number of benzene rings is 1. The van der Waals surface area contributed by atoms with Gasteiger partial charge < -0.3 is 9.80 Å². The van der Waals surface area contributed by atoms with Gasteiger partial charge in [0, 0.05) is 32.3 Å². The number of non-ortho nitro benzene ring substituents is 1. The molecule has 0 radical (unpaired) electrons. The number of amides is 1. The molecule has 21 heavy (non-hydrogen) atoms. The van der Waals surface area contributed by atoms with Gasteiger partial charge in [-0.3, -0.25) is 14.9 Å². The topological polar surface area (TPSA) is 66.7 Å². The first kappa shape index (κ1) is 15.7. The summed E-state index contributed by atoms with van der Waals surface area (Å²) in [7, 11) is 1.69. The lowest BCUT2D eigenvalue weighted by atomic mass is 10.1. The average molecular weight is 312 g/mol. The summed E-state index contributed by atoms with van der Waals surface area (Å²) >= 11 is 5.99. The summed E-state index contributed by atoms with van der Waals surface area (Å²) in [6.07, 6.45) is 2.41. The molecular formula is C14H18ClN3O3. The first-order valence-electron chi connectivity index (χ1n) is 6.91. The summed E-state index contributed by atoms with van der Waals surface area (Å²) in [4.78, 5) is 26.5. The standard InChI is InChI=1S/C14H18ClN3O3/c1-16(8-9-17-6-2-3-7-17)14(19)12-10-11(18(20)21)4-5-13(12)15/h4-5,10H,2-3,6-9H2,1H3. The van der Waals surface area contributed by atoms with Crippen LogP contribution in [-0.4, -0.2) is 53.9 Å². The lowest BCUT2D eigenvalue weighted by molar-refractivity contribution is -0.384. The van der Waals surface area contributed by atoms with Gasteiger partial charge in [0.1, 0.15) is 0 Å². The number of likely N-dealkylation sites (N-methyl/N-ethyl adjacent to an activating group) is 1. The van der Waals surface area contributed by atoms with E-state index in [4.69, 9.17) is 11.6 Å². The van der Waals surface area contributed by atoms with Gasteiger partial charge in [0.2, 0.25) is 0 Å². The summed E-state index contributed by atoms with van der Waals surface area (Å²) in [6, 6.07) is 3.92. The predicted molar refractivity (Wildman–Crippen MR) is 80.7 cm³/mol. The van der Waals surface area contributed by atoms with E-state index in [2.05, 4.69) is 4.90 Å². The largest absolute Gasteiger partial charge is 0.340 e. The SMILES string of the molecule is CN(CCN1CCCC1)C(=O)c1cc([N+](=O)[O-])ccc1Cl. The minimum absolute atomic E-state index is 0.129. The fourth-order valence-electron chi connectivity index (χ4n) is 2.40. The van der Waals surface area contributed by atoms with E-state index in [1.807, 2.05) is 0 Å². The summed E-state index contributed by atoms with van der Waals surface area (Å²) < 4.78 is 0. The van der Waals surface area contributed by atoms with Gasteiger partial charge in [-0.05, 0) is 32.0 Å². The van der Waals surface area contributed by atoms with Crippen molar-refractivity contribution in [3.8, 4) is 0 Å². The normalized spacial score (nSPS) is 15.1. The number of nitro groups is 1. The van der Waals surface area contributed by atoms with Crippen LogP contribution in [0.1, 0.15) is 23.2 Å². The van der Waals surface area contributed by atoms with Crippen molar-refractivity contribution in [2.45, 2.75) is 12.8 Å². The Morgan fingerprint density at radius 3 is 2.71 bits per heavy atom. The van der Waals surface area contributed by atoms with Crippen molar-refractivity contribution >= 4 is 23.2 Å². The maximum atomic E-state index is 12.3. The molecular weight excluding hydrogens is 294 g/mol. The van der Waals surface area contributed by atoms with Crippen LogP contribution < -0.4 is 0 Å². The number of carbonyl (C=O) groups is 1. The molecule has 1 saturated heterocycles. The number of carbonyl (C=O) groups excluding carboxylic acids is 1. The van der Waals surface area contributed by atoms with Gasteiger partial charge in [-0.1, -0.05) is 11.6 Å². The molecule has 0 unspecified atom stereocenters. The molecule has 0 spiro atoms. The van der Waals surface area contributed by atoms with Gasteiger partial charge in [0.15, 0.2) is 0 Å². The summed E-state index contributed by atoms with van der Waals surface area (Å²) in [5.74, 6) is -0.289. The van der Waals surface area contributed by atoms with E-state index in [0.29, 0.717) is 6.54 Å². The molecule has 1 aromatic rings. The zero-order valence-corrected chi connectivity index (χ0v) is 12.7. The number of rotatable bonds is 5. The quantitative estimate of drug-likeness (QED) is 0.618. The Labute approximate surface area is 128 Å². The van der Waals surface area contributed by atoms with Gasteiger partial charge in [-0.2, -0.15) is 0 Å². The number of nitro benzene ring substituents is 1. The van der Waals surface area contributed by atoms with Gasteiger partial charge in [-0.15, -0.1) is 0 Å². The molecule has 2 rings (SSSR count). The molecule has 114 valence electrons. The lowest BCUT2D eigenvalue weighted by Gasteiger charge is -2.21. The molecule has 6 nitrogen and oxygen atoms in total. The van der Waals surface area contributed by atoms with Crippen LogP contribution in [-0.2, 0) is 0 Å². The molecule has 1 heterocycles. The molecule has 0 saturated carbocycles. The fraction of sp³-hybridized carbons (Fsp3) is 0.500.